The third-order valence-electron chi connectivity index (χ3n) is 6.75. The Morgan fingerprint density at radius 2 is 1.80 bits per heavy atom. The third kappa shape index (κ3) is 4.66. The molecule has 0 bridgehead atoms. The van der Waals surface area contributed by atoms with Crippen molar-refractivity contribution in [3.05, 3.63) is 89.2 Å². The number of aliphatic hydroxyl groups is 1. The van der Waals surface area contributed by atoms with E-state index in [1.807, 2.05) is 92.4 Å². The maximum atomic E-state index is 13.0. The Hall–Kier alpha value is -3.64. The molecule has 1 aliphatic rings. The molecule has 1 aliphatic heterocycles. The molecule has 0 unspecified atom stereocenters. The number of imidazole rings is 1. The maximum absolute atomic E-state index is 13.0. The Kier molecular flexibility index (Phi) is 6.31. The van der Waals surface area contributed by atoms with Crippen LogP contribution in [0, 0.1) is 20.8 Å². The highest BCUT2D eigenvalue weighted by atomic mass is 16.5. The predicted octanol–water partition coefficient (Wildman–Crippen LogP) is 4.92. The van der Waals surface area contributed by atoms with Crippen molar-refractivity contribution in [1.82, 2.24) is 9.55 Å². The van der Waals surface area contributed by atoms with Gasteiger partial charge in [0, 0.05) is 24.6 Å². The molecule has 1 aromatic heterocycles. The van der Waals surface area contributed by atoms with E-state index in [4.69, 9.17) is 9.72 Å². The fraction of sp³-hybridized carbons (Fsp3) is 0.310. The lowest BCUT2D eigenvalue weighted by Gasteiger charge is -2.20. The van der Waals surface area contributed by atoms with Gasteiger partial charge in [-0.25, -0.2) is 4.98 Å². The molecule has 1 N–H and O–H groups in total. The lowest BCUT2D eigenvalue weighted by Crippen LogP contribution is -2.27. The van der Waals surface area contributed by atoms with Crippen LogP contribution in [0.3, 0.4) is 0 Å². The maximum Gasteiger partial charge on any atom is 0.227 e. The molecule has 1 amide bonds. The van der Waals surface area contributed by atoms with Gasteiger partial charge in [-0.05, 0) is 61.7 Å². The number of ether oxygens (including phenoxy) is 1. The Labute approximate surface area is 205 Å². The van der Waals surface area contributed by atoms with Crippen LogP contribution in [0.1, 0.15) is 34.9 Å². The fourth-order valence-electron chi connectivity index (χ4n) is 4.89. The van der Waals surface area contributed by atoms with E-state index in [2.05, 4.69) is 4.57 Å². The van der Waals surface area contributed by atoms with E-state index < -0.39 is 6.10 Å². The van der Waals surface area contributed by atoms with Crippen molar-refractivity contribution in [2.45, 2.75) is 45.8 Å². The van der Waals surface area contributed by atoms with Gasteiger partial charge in [-0.15, -0.1) is 0 Å². The molecule has 0 radical (unpaired) electrons. The van der Waals surface area contributed by atoms with Crippen molar-refractivity contribution >= 4 is 22.6 Å². The van der Waals surface area contributed by atoms with E-state index in [1.54, 1.807) is 0 Å². The van der Waals surface area contributed by atoms with Gasteiger partial charge < -0.3 is 19.3 Å². The van der Waals surface area contributed by atoms with Crippen molar-refractivity contribution in [3.63, 3.8) is 0 Å². The molecule has 3 aromatic carbocycles. The van der Waals surface area contributed by atoms with Gasteiger partial charge in [0.15, 0.2) is 0 Å². The van der Waals surface area contributed by atoms with E-state index >= 15 is 0 Å². The highest BCUT2D eigenvalue weighted by molar-refractivity contribution is 5.97. The minimum Gasteiger partial charge on any atom is -0.491 e. The number of aryl methyl sites for hydroxylation is 3. The normalized spacial score (nSPS) is 16.7. The molecule has 1 saturated heterocycles. The average Bonchev–Trinajstić information content (AvgIpc) is 3.40. The largest absolute Gasteiger partial charge is 0.491 e. The van der Waals surface area contributed by atoms with Gasteiger partial charge in [0.05, 0.1) is 17.6 Å². The zero-order valence-corrected chi connectivity index (χ0v) is 20.4. The van der Waals surface area contributed by atoms with Gasteiger partial charge in [-0.3, -0.25) is 4.79 Å². The van der Waals surface area contributed by atoms with Crippen molar-refractivity contribution in [2.24, 2.45) is 0 Å². The number of anilines is 1. The summed E-state index contributed by atoms with van der Waals surface area (Å²) in [5, 5.41) is 10.9. The second-order valence-corrected chi connectivity index (χ2v) is 9.49. The van der Waals surface area contributed by atoms with E-state index in [9.17, 15) is 9.90 Å². The Balaban J connectivity index is 1.39. The summed E-state index contributed by atoms with van der Waals surface area (Å²) in [5.41, 5.74) is 6.00. The number of amides is 1. The minimum absolute atomic E-state index is 0.0540. The first-order valence-electron chi connectivity index (χ1n) is 12.1. The standard InChI is InChI=1S/C29H31N3O3/c1-19-12-13-21(3)27(14-19)35-18-23(33)17-32-26-11-7-5-9-24(26)30-29(32)22-15-28(34)31(16-22)25-10-6-4-8-20(25)2/h4-14,22-23,33H,15-18H2,1-3H3/t22-,23+/m1/s1. The monoisotopic (exact) mass is 469 g/mol. The summed E-state index contributed by atoms with van der Waals surface area (Å²) in [6.45, 7) is 7.14. The van der Waals surface area contributed by atoms with E-state index in [0.717, 1.165) is 45.0 Å². The summed E-state index contributed by atoms with van der Waals surface area (Å²) in [4.78, 5) is 19.8. The zero-order chi connectivity index (χ0) is 24.5. The molecule has 35 heavy (non-hydrogen) atoms. The van der Waals surface area contributed by atoms with Gasteiger partial charge in [0.25, 0.3) is 0 Å². The summed E-state index contributed by atoms with van der Waals surface area (Å²) in [5.74, 6) is 1.67. The quantitative estimate of drug-likeness (QED) is 0.417. The summed E-state index contributed by atoms with van der Waals surface area (Å²) in [6.07, 6.45) is -0.330. The van der Waals surface area contributed by atoms with Crippen LogP contribution >= 0.6 is 0 Å². The van der Waals surface area contributed by atoms with Gasteiger partial charge in [-0.1, -0.05) is 42.5 Å². The summed E-state index contributed by atoms with van der Waals surface area (Å²) in [6, 6.07) is 22.0. The van der Waals surface area contributed by atoms with Crippen LogP contribution in [-0.4, -0.2) is 39.8 Å². The molecule has 180 valence electrons. The van der Waals surface area contributed by atoms with Gasteiger partial charge in [0.1, 0.15) is 24.3 Å². The van der Waals surface area contributed by atoms with Crippen molar-refractivity contribution in [2.75, 3.05) is 18.1 Å². The first-order chi connectivity index (χ1) is 16.9. The molecular formula is C29H31N3O3. The van der Waals surface area contributed by atoms with Crippen molar-refractivity contribution < 1.29 is 14.6 Å². The molecule has 6 nitrogen and oxygen atoms in total. The SMILES string of the molecule is Cc1ccc(C)c(OC[C@@H](O)Cn2c([C@@H]3CC(=O)N(c4ccccc4C)C3)nc3ccccc32)c1. The zero-order valence-electron chi connectivity index (χ0n) is 20.4. The molecule has 0 saturated carbocycles. The lowest BCUT2D eigenvalue weighted by molar-refractivity contribution is -0.117. The second-order valence-electron chi connectivity index (χ2n) is 9.49. The number of hydrogen-bond donors (Lipinski definition) is 1. The Bertz CT molecular complexity index is 1380. The van der Waals surface area contributed by atoms with Crippen molar-refractivity contribution in [1.29, 1.82) is 0 Å². The number of carbonyl (C=O) groups is 1. The number of rotatable bonds is 7. The van der Waals surface area contributed by atoms with Crippen LogP contribution < -0.4 is 9.64 Å². The Morgan fingerprint density at radius 1 is 1.03 bits per heavy atom. The topological polar surface area (TPSA) is 67.6 Å². The lowest BCUT2D eigenvalue weighted by atomic mass is 10.1. The number of nitrogens with zero attached hydrogens (tertiary/aromatic N) is 3. The van der Waals surface area contributed by atoms with E-state index in [0.29, 0.717) is 19.5 Å². The highest BCUT2D eigenvalue weighted by Crippen LogP contribution is 2.34. The number of para-hydroxylation sites is 3. The number of fused-ring (bicyclic) bond motifs is 1. The molecular weight excluding hydrogens is 438 g/mol. The molecule has 6 heteroatoms. The predicted molar refractivity (Wildman–Crippen MR) is 138 cm³/mol. The molecule has 2 heterocycles. The first-order valence-corrected chi connectivity index (χ1v) is 12.1. The van der Waals surface area contributed by atoms with Crippen LogP contribution in [0.4, 0.5) is 5.69 Å². The van der Waals surface area contributed by atoms with Crippen LogP contribution in [0.2, 0.25) is 0 Å². The van der Waals surface area contributed by atoms with Gasteiger partial charge in [-0.2, -0.15) is 0 Å². The van der Waals surface area contributed by atoms with Gasteiger partial charge >= 0.3 is 0 Å². The Morgan fingerprint density at radius 3 is 2.63 bits per heavy atom. The average molecular weight is 470 g/mol. The molecule has 4 aromatic rings. The first kappa shape index (κ1) is 23.1. The van der Waals surface area contributed by atoms with Gasteiger partial charge in [0.2, 0.25) is 5.91 Å². The number of aliphatic hydroxyl groups excluding tert-OH is 1. The molecule has 2 atom stereocenters. The number of carbonyl (C=O) groups excluding carboxylic acids is 1. The van der Waals surface area contributed by atoms with Crippen LogP contribution in [0.5, 0.6) is 5.75 Å². The van der Waals surface area contributed by atoms with E-state index in [-0.39, 0.29) is 18.4 Å². The highest BCUT2D eigenvalue weighted by Gasteiger charge is 2.35. The number of aromatic nitrogens is 2. The molecule has 1 fully saturated rings. The molecule has 0 spiro atoms. The number of benzene rings is 3. The summed E-state index contributed by atoms with van der Waals surface area (Å²) >= 11 is 0. The minimum atomic E-state index is -0.726. The van der Waals surface area contributed by atoms with E-state index in [1.165, 1.54) is 0 Å². The summed E-state index contributed by atoms with van der Waals surface area (Å²) < 4.78 is 8.03. The van der Waals surface area contributed by atoms with Crippen LogP contribution in [0.15, 0.2) is 66.7 Å². The third-order valence-corrected chi connectivity index (χ3v) is 6.75. The second kappa shape index (κ2) is 9.55. The van der Waals surface area contributed by atoms with Crippen LogP contribution in [-0.2, 0) is 11.3 Å². The van der Waals surface area contributed by atoms with Crippen LogP contribution in [0.25, 0.3) is 11.0 Å². The fourth-order valence-corrected chi connectivity index (χ4v) is 4.89. The molecule has 0 aliphatic carbocycles. The smallest absolute Gasteiger partial charge is 0.227 e. The summed E-state index contributed by atoms with van der Waals surface area (Å²) in [7, 11) is 0. The number of hydrogen-bond acceptors (Lipinski definition) is 4. The molecule has 5 rings (SSSR count). The van der Waals surface area contributed by atoms with Crippen molar-refractivity contribution in [3.8, 4) is 5.75 Å².